The molecule has 0 saturated carbocycles. The first kappa shape index (κ1) is 14.7. The van der Waals surface area contributed by atoms with E-state index < -0.39 is 0 Å². The first-order chi connectivity index (χ1) is 11.3. The number of nitrogens with zero attached hydrogens (tertiary/aromatic N) is 4. The van der Waals surface area contributed by atoms with Crippen LogP contribution in [0.2, 0.25) is 0 Å². The van der Waals surface area contributed by atoms with Crippen molar-refractivity contribution >= 4 is 11.3 Å². The minimum absolute atomic E-state index is 0.524. The Morgan fingerprint density at radius 3 is 3.17 bits per heavy atom. The maximum absolute atomic E-state index is 5.86. The van der Waals surface area contributed by atoms with Gasteiger partial charge in [0.25, 0.3) is 0 Å². The molecule has 120 valence electrons. The molecule has 0 aliphatic carbocycles. The largest absolute Gasteiger partial charge is 0.441 e. The molecular formula is C17H20N4OS. The van der Waals surface area contributed by atoms with Gasteiger partial charge in [0.05, 0.1) is 12.2 Å². The van der Waals surface area contributed by atoms with Crippen LogP contribution in [0.3, 0.4) is 0 Å². The Balaban J connectivity index is 1.48. The first-order valence-corrected chi connectivity index (χ1v) is 8.94. The SMILES string of the molecule is Cc1oc(-c2ccsc2)nc1CN1CCCC1Cn1cccn1. The summed E-state index contributed by atoms with van der Waals surface area (Å²) in [5, 5.41) is 8.46. The molecule has 0 aromatic carbocycles. The van der Waals surface area contributed by atoms with Crippen LogP contribution >= 0.6 is 11.3 Å². The van der Waals surface area contributed by atoms with Crippen molar-refractivity contribution in [3.05, 3.63) is 46.7 Å². The summed E-state index contributed by atoms with van der Waals surface area (Å²) in [6.07, 6.45) is 6.33. The molecule has 5 nitrogen and oxygen atoms in total. The van der Waals surface area contributed by atoms with Gasteiger partial charge in [-0.15, -0.1) is 0 Å². The highest BCUT2D eigenvalue weighted by atomic mass is 32.1. The molecule has 0 spiro atoms. The number of rotatable bonds is 5. The molecule has 0 radical (unpaired) electrons. The van der Waals surface area contributed by atoms with Gasteiger partial charge in [0.1, 0.15) is 5.76 Å². The van der Waals surface area contributed by atoms with Crippen LogP contribution < -0.4 is 0 Å². The Morgan fingerprint density at radius 2 is 2.39 bits per heavy atom. The Hall–Kier alpha value is -1.92. The van der Waals surface area contributed by atoms with Crippen LogP contribution in [0.4, 0.5) is 0 Å². The average molecular weight is 328 g/mol. The van der Waals surface area contributed by atoms with Gasteiger partial charge in [-0.25, -0.2) is 4.98 Å². The number of hydrogen-bond donors (Lipinski definition) is 0. The van der Waals surface area contributed by atoms with E-state index >= 15 is 0 Å². The average Bonchev–Trinajstić information content (AvgIpc) is 3.31. The molecule has 1 aliphatic heterocycles. The maximum atomic E-state index is 5.86. The standard InChI is InChI=1S/C17H20N4OS/c1-13-16(19-17(22-13)14-5-9-23-12-14)11-20-7-2-4-15(20)10-21-8-3-6-18-21/h3,5-6,8-9,12,15H,2,4,7,10-11H2,1H3. The number of aryl methyl sites for hydroxylation is 1. The number of thiophene rings is 1. The number of hydrogen-bond acceptors (Lipinski definition) is 5. The van der Waals surface area contributed by atoms with E-state index in [-0.39, 0.29) is 0 Å². The van der Waals surface area contributed by atoms with Crippen molar-refractivity contribution in [2.75, 3.05) is 6.54 Å². The molecule has 1 saturated heterocycles. The molecule has 23 heavy (non-hydrogen) atoms. The maximum Gasteiger partial charge on any atom is 0.227 e. The zero-order valence-electron chi connectivity index (χ0n) is 13.2. The molecule has 4 heterocycles. The minimum atomic E-state index is 0.524. The van der Waals surface area contributed by atoms with E-state index in [9.17, 15) is 0 Å². The first-order valence-electron chi connectivity index (χ1n) is 8.00. The Kier molecular flexibility index (Phi) is 4.01. The van der Waals surface area contributed by atoms with Crippen molar-refractivity contribution in [3.63, 3.8) is 0 Å². The minimum Gasteiger partial charge on any atom is -0.441 e. The van der Waals surface area contributed by atoms with Gasteiger partial charge in [-0.1, -0.05) is 0 Å². The van der Waals surface area contributed by atoms with E-state index in [4.69, 9.17) is 9.40 Å². The lowest BCUT2D eigenvalue weighted by Crippen LogP contribution is -2.33. The van der Waals surface area contributed by atoms with Crippen LogP contribution in [0.1, 0.15) is 24.3 Å². The molecule has 0 bridgehead atoms. The highest BCUT2D eigenvalue weighted by Gasteiger charge is 2.26. The van der Waals surface area contributed by atoms with Crippen molar-refractivity contribution < 1.29 is 4.42 Å². The van der Waals surface area contributed by atoms with Crippen molar-refractivity contribution in [1.82, 2.24) is 19.7 Å². The van der Waals surface area contributed by atoms with Gasteiger partial charge in [0, 0.05) is 35.9 Å². The van der Waals surface area contributed by atoms with E-state index in [0.717, 1.165) is 42.5 Å². The van der Waals surface area contributed by atoms with Crippen LogP contribution in [0, 0.1) is 6.92 Å². The molecule has 4 rings (SSSR count). The summed E-state index contributed by atoms with van der Waals surface area (Å²) in [5.74, 6) is 1.66. The summed E-state index contributed by atoms with van der Waals surface area (Å²) in [7, 11) is 0. The third kappa shape index (κ3) is 3.09. The quantitative estimate of drug-likeness (QED) is 0.718. The highest BCUT2D eigenvalue weighted by Crippen LogP contribution is 2.27. The Morgan fingerprint density at radius 1 is 1.43 bits per heavy atom. The topological polar surface area (TPSA) is 47.1 Å². The molecule has 1 unspecified atom stereocenters. The van der Waals surface area contributed by atoms with Gasteiger partial charge in [0.15, 0.2) is 0 Å². The second-order valence-corrected chi connectivity index (χ2v) is 6.81. The molecule has 0 amide bonds. The van der Waals surface area contributed by atoms with E-state index in [2.05, 4.69) is 26.8 Å². The number of oxazole rings is 1. The van der Waals surface area contributed by atoms with Gasteiger partial charge in [-0.2, -0.15) is 16.4 Å². The fraction of sp³-hybridized carbons (Fsp3) is 0.412. The normalized spacial score (nSPS) is 18.7. The van der Waals surface area contributed by atoms with Crippen LogP contribution in [0.25, 0.3) is 11.5 Å². The molecule has 1 atom stereocenters. The Labute approximate surface area is 139 Å². The molecule has 3 aromatic rings. The summed E-state index contributed by atoms with van der Waals surface area (Å²) in [6.45, 7) is 4.93. The third-order valence-electron chi connectivity index (χ3n) is 4.47. The second-order valence-electron chi connectivity index (χ2n) is 6.03. The predicted octanol–water partition coefficient (Wildman–Crippen LogP) is 3.57. The van der Waals surface area contributed by atoms with Crippen LogP contribution in [0.15, 0.2) is 39.7 Å². The van der Waals surface area contributed by atoms with Gasteiger partial charge in [0.2, 0.25) is 5.89 Å². The van der Waals surface area contributed by atoms with Gasteiger partial charge in [-0.3, -0.25) is 9.58 Å². The molecular weight excluding hydrogens is 308 g/mol. The summed E-state index contributed by atoms with van der Waals surface area (Å²) in [5.41, 5.74) is 2.12. The van der Waals surface area contributed by atoms with Crippen LogP contribution in [0.5, 0.6) is 0 Å². The lowest BCUT2D eigenvalue weighted by atomic mass is 10.2. The zero-order chi connectivity index (χ0) is 15.6. The van der Waals surface area contributed by atoms with Crippen LogP contribution in [-0.2, 0) is 13.1 Å². The third-order valence-corrected chi connectivity index (χ3v) is 5.15. The van der Waals surface area contributed by atoms with Crippen molar-refractivity contribution in [2.24, 2.45) is 0 Å². The van der Waals surface area contributed by atoms with E-state index in [1.165, 1.54) is 12.8 Å². The van der Waals surface area contributed by atoms with Crippen molar-refractivity contribution in [1.29, 1.82) is 0 Å². The molecule has 6 heteroatoms. The molecule has 3 aromatic heterocycles. The Bertz CT molecular complexity index is 748. The molecule has 0 N–H and O–H groups in total. The van der Waals surface area contributed by atoms with Gasteiger partial charge in [-0.05, 0) is 43.8 Å². The molecule has 1 aliphatic rings. The van der Waals surface area contributed by atoms with Crippen molar-refractivity contribution in [2.45, 2.75) is 38.9 Å². The predicted molar refractivity (Wildman–Crippen MR) is 90.2 cm³/mol. The summed E-state index contributed by atoms with van der Waals surface area (Å²) >= 11 is 1.66. The van der Waals surface area contributed by atoms with Crippen molar-refractivity contribution in [3.8, 4) is 11.5 Å². The number of likely N-dealkylation sites (tertiary alicyclic amines) is 1. The monoisotopic (exact) mass is 328 g/mol. The molecule has 1 fully saturated rings. The van der Waals surface area contributed by atoms with E-state index in [1.807, 2.05) is 30.1 Å². The smallest absolute Gasteiger partial charge is 0.227 e. The van der Waals surface area contributed by atoms with E-state index in [1.54, 1.807) is 11.3 Å². The summed E-state index contributed by atoms with van der Waals surface area (Å²) in [4.78, 5) is 7.23. The number of aromatic nitrogens is 3. The zero-order valence-corrected chi connectivity index (χ0v) is 14.0. The highest BCUT2D eigenvalue weighted by molar-refractivity contribution is 7.08. The lowest BCUT2D eigenvalue weighted by molar-refractivity contribution is 0.216. The summed E-state index contributed by atoms with van der Waals surface area (Å²) < 4.78 is 7.89. The fourth-order valence-electron chi connectivity index (χ4n) is 3.21. The van der Waals surface area contributed by atoms with Gasteiger partial charge < -0.3 is 4.42 Å². The second kappa shape index (κ2) is 6.29. The van der Waals surface area contributed by atoms with Crippen LogP contribution in [-0.4, -0.2) is 32.3 Å². The van der Waals surface area contributed by atoms with E-state index in [0.29, 0.717) is 6.04 Å². The summed E-state index contributed by atoms with van der Waals surface area (Å²) in [6, 6.07) is 4.56. The fourth-order valence-corrected chi connectivity index (χ4v) is 3.84. The lowest BCUT2D eigenvalue weighted by Gasteiger charge is -2.23. The van der Waals surface area contributed by atoms with Gasteiger partial charge >= 0.3 is 0 Å².